The first kappa shape index (κ1) is 68.8. The molecule has 0 saturated carbocycles. The Bertz CT molecular complexity index is 3860. The first-order valence-electron chi connectivity index (χ1n) is 28.9. The van der Waals surface area contributed by atoms with Crippen molar-refractivity contribution in [3.8, 4) is 61.8 Å². The number of aromatic nitrogens is 4. The van der Waals surface area contributed by atoms with Gasteiger partial charge in [-0.05, 0) is 122 Å². The normalized spacial score (nSPS) is 12.6. The van der Waals surface area contributed by atoms with Gasteiger partial charge in [-0.15, -0.1) is 17.9 Å². The molecule has 0 aliphatic heterocycles. The Morgan fingerprint density at radius 1 is 0.800 bits per heavy atom. The minimum Gasteiger partial charge on any atom is -0.543 e. The van der Waals surface area contributed by atoms with Crippen molar-refractivity contribution >= 4 is 69.2 Å². The van der Waals surface area contributed by atoms with E-state index in [9.17, 15) is 22.7 Å². The number of methoxy groups -OCH3 is 1. The summed E-state index contributed by atoms with van der Waals surface area (Å²) < 4.78 is 101. The molecule has 2 atom stereocenters. The van der Waals surface area contributed by atoms with Gasteiger partial charge in [-0.3, -0.25) is 4.18 Å². The number of fused-ring (bicyclic) bond motifs is 1. The summed E-state index contributed by atoms with van der Waals surface area (Å²) in [5.41, 5.74) is 4.93. The van der Waals surface area contributed by atoms with Crippen molar-refractivity contribution in [3.05, 3.63) is 166 Å². The molecular formula is C66H73Cl2FN4O14S2Si. The van der Waals surface area contributed by atoms with E-state index in [4.69, 9.17) is 74.7 Å². The van der Waals surface area contributed by atoms with Crippen LogP contribution in [-0.2, 0) is 51.1 Å². The average molecular weight is 1330 g/mol. The van der Waals surface area contributed by atoms with Crippen molar-refractivity contribution < 1.29 is 69.2 Å². The lowest BCUT2D eigenvalue weighted by Crippen LogP contribution is -2.43. The molecule has 8 aromatic rings. The standard InChI is InChI=1S/C66H73Cl2FN4O14S2Si/c1-11-28-81-38-49(39-84-89(76,77)50-23-16-41(2)17-24-50)85-60-58(67)42(3)55(43(4)59(60)68)56-57-63(71-40-72-64(57)88-61(56)44-18-20-46(69)21-19-44)86-54(65(74)75)36-45-35-48(87-90(9,10)66(5,6)7)22-25-52(45)83-37-47-26-27-70-62(73-47)51-14-12-13-15-53(51)82-34-33-80-32-31-79-30-29-78-8/h11-27,35,40,49,54H,1,28-34,36-39H2,2-10H3,(H,74,75). The van der Waals surface area contributed by atoms with Crippen LogP contribution in [0.5, 0.6) is 28.9 Å². The van der Waals surface area contributed by atoms with E-state index in [2.05, 4.69) is 55.4 Å². The third-order valence-electron chi connectivity index (χ3n) is 14.8. The Morgan fingerprint density at radius 2 is 1.49 bits per heavy atom. The monoisotopic (exact) mass is 1330 g/mol. The summed E-state index contributed by atoms with van der Waals surface area (Å²) in [6, 6.07) is 26.6. The number of aryl methyl sites for hydroxylation is 1. The Labute approximate surface area is 539 Å². The van der Waals surface area contributed by atoms with Crippen LogP contribution in [0.15, 0.2) is 127 Å². The van der Waals surface area contributed by atoms with Crippen LogP contribution in [0.1, 0.15) is 48.7 Å². The van der Waals surface area contributed by atoms with E-state index in [1.807, 2.05) is 31.2 Å². The van der Waals surface area contributed by atoms with Crippen LogP contribution in [0.2, 0.25) is 28.2 Å². The van der Waals surface area contributed by atoms with E-state index in [0.29, 0.717) is 116 Å². The number of nitrogens with zero attached hydrogens (tertiary/aromatic N) is 4. The van der Waals surface area contributed by atoms with Gasteiger partial charge in [-0.2, -0.15) is 8.42 Å². The lowest BCUT2D eigenvalue weighted by atomic mass is 9.92. The van der Waals surface area contributed by atoms with Crippen molar-refractivity contribution in [2.75, 3.05) is 66.6 Å². The van der Waals surface area contributed by atoms with Crippen LogP contribution in [0.4, 0.5) is 4.39 Å². The third kappa shape index (κ3) is 17.5. The number of benzene rings is 5. The molecule has 0 spiro atoms. The van der Waals surface area contributed by atoms with E-state index < -0.39 is 49.0 Å². The number of carboxylic acid groups (broad SMARTS) is 1. The molecule has 0 amide bonds. The molecule has 24 heteroatoms. The van der Waals surface area contributed by atoms with Crippen LogP contribution < -0.4 is 23.4 Å². The molecule has 5 aromatic carbocycles. The average Bonchev–Trinajstić information content (AvgIpc) is 1.59. The van der Waals surface area contributed by atoms with E-state index >= 15 is 0 Å². The number of carboxylic acids is 1. The summed E-state index contributed by atoms with van der Waals surface area (Å²) in [5, 5.41) is 11.4. The van der Waals surface area contributed by atoms with Gasteiger partial charge in [0, 0.05) is 35.7 Å². The summed E-state index contributed by atoms with van der Waals surface area (Å²) in [6.45, 7) is 21.6. The van der Waals surface area contributed by atoms with Crippen LogP contribution in [0.25, 0.3) is 43.2 Å². The van der Waals surface area contributed by atoms with E-state index in [1.165, 1.54) is 48.0 Å². The number of para-hydroxylation sites is 1. The van der Waals surface area contributed by atoms with Gasteiger partial charge in [0.2, 0.25) is 20.3 Å². The maximum Gasteiger partial charge on any atom is 0.345 e. The first-order chi connectivity index (χ1) is 43.0. The molecule has 0 aliphatic rings. The number of rotatable bonds is 33. The molecule has 2 unspecified atom stereocenters. The Hall–Kier alpha value is -7.09. The number of halogens is 3. The Balaban J connectivity index is 1.13. The summed E-state index contributed by atoms with van der Waals surface area (Å²) in [4.78, 5) is 33.3. The minimum atomic E-state index is -4.23. The van der Waals surface area contributed by atoms with Crippen molar-refractivity contribution in [2.24, 2.45) is 0 Å². The summed E-state index contributed by atoms with van der Waals surface area (Å²) in [6.07, 6.45) is 1.55. The van der Waals surface area contributed by atoms with Gasteiger partial charge in [0.1, 0.15) is 60.1 Å². The predicted octanol–water partition coefficient (Wildman–Crippen LogP) is 14.3. The molecule has 3 aromatic heterocycles. The fourth-order valence-corrected chi connectivity index (χ4v) is 12.7. The number of carbonyl (C=O) groups is 1. The largest absolute Gasteiger partial charge is 0.543 e. The summed E-state index contributed by atoms with van der Waals surface area (Å²) in [7, 11) is -5.05. The van der Waals surface area contributed by atoms with Gasteiger partial charge >= 0.3 is 5.97 Å². The van der Waals surface area contributed by atoms with Gasteiger partial charge < -0.3 is 47.4 Å². The molecular weight excluding hydrogens is 1250 g/mol. The molecule has 0 saturated heterocycles. The highest BCUT2D eigenvalue weighted by molar-refractivity contribution is 7.86. The molecule has 0 aliphatic carbocycles. The van der Waals surface area contributed by atoms with Crippen molar-refractivity contribution in [3.63, 3.8) is 0 Å². The first-order valence-corrected chi connectivity index (χ1v) is 34.7. The van der Waals surface area contributed by atoms with Crippen LogP contribution >= 0.6 is 34.5 Å². The quantitative estimate of drug-likeness (QED) is 0.0175. The van der Waals surface area contributed by atoms with Crippen molar-refractivity contribution in [1.29, 1.82) is 0 Å². The van der Waals surface area contributed by atoms with Crippen molar-refractivity contribution in [1.82, 2.24) is 19.9 Å². The highest BCUT2D eigenvalue weighted by atomic mass is 35.5. The molecule has 478 valence electrons. The van der Waals surface area contributed by atoms with E-state index in [0.717, 1.165) is 5.56 Å². The maximum atomic E-state index is 14.7. The zero-order valence-corrected chi connectivity index (χ0v) is 55.7. The van der Waals surface area contributed by atoms with E-state index in [1.54, 1.807) is 75.7 Å². The SMILES string of the molecule is C=CCOCC(COS(=O)(=O)c1ccc(C)cc1)Oc1c(Cl)c(C)c(-c2c(-c3ccc(F)cc3)sc3ncnc(OC(Cc4cc(O[Si](C)(C)C(C)(C)C)ccc4OCc4ccnc(-c5ccccc5OCCOCCOCCOC)n4)C(=O)O)c23)c(C)c1Cl. The van der Waals surface area contributed by atoms with Gasteiger partial charge in [0.15, 0.2) is 11.6 Å². The zero-order chi connectivity index (χ0) is 64.8. The van der Waals surface area contributed by atoms with E-state index in [-0.39, 0.29) is 64.5 Å². The molecule has 90 heavy (non-hydrogen) atoms. The fraction of sp³-hybridized carbons (Fsp3) is 0.348. The summed E-state index contributed by atoms with van der Waals surface area (Å²) in [5.74, 6) is -0.0359. The highest BCUT2D eigenvalue weighted by Gasteiger charge is 2.39. The van der Waals surface area contributed by atoms with Gasteiger partial charge in [-0.25, -0.2) is 29.1 Å². The number of thiophene rings is 1. The van der Waals surface area contributed by atoms with Crippen molar-refractivity contribution in [2.45, 2.75) is 89.8 Å². The van der Waals surface area contributed by atoms with Crippen LogP contribution in [0.3, 0.4) is 0 Å². The number of hydrogen-bond donors (Lipinski definition) is 1. The Kier molecular flexibility index (Phi) is 23.9. The van der Waals surface area contributed by atoms with Gasteiger partial charge in [0.25, 0.3) is 10.1 Å². The topological polar surface area (TPSA) is 215 Å². The lowest BCUT2D eigenvalue weighted by Gasteiger charge is -2.36. The minimum absolute atomic E-state index is 0.0183. The highest BCUT2D eigenvalue weighted by Crippen LogP contribution is 2.53. The molecule has 18 nitrogen and oxygen atoms in total. The summed E-state index contributed by atoms with van der Waals surface area (Å²) >= 11 is 15.9. The fourth-order valence-electron chi connectivity index (χ4n) is 9.05. The molecule has 0 radical (unpaired) electrons. The second-order valence-corrected chi connectivity index (χ2v) is 30.5. The molecule has 1 N–H and O–H groups in total. The number of ether oxygens (including phenoxy) is 8. The molecule has 0 bridgehead atoms. The number of aliphatic carboxylic acids is 1. The smallest absolute Gasteiger partial charge is 0.345 e. The second-order valence-electron chi connectivity index (χ2n) is 22.4. The molecule has 0 fully saturated rings. The zero-order valence-electron chi connectivity index (χ0n) is 51.6. The predicted molar refractivity (Wildman–Crippen MR) is 348 cm³/mol. The number of hydrogen-bond acceptors (Lipinski definition) is 18. The second kappa shape index (κ2) is 31.3. The van der Waals surface area contributed by atoms with Gasteiger partial charge in [-0.1, -0.05) is 92.0 Å². The molecule has 8 rings (SSSR count). The Morgan fingerprint density at radius 3 is 2.17 bits per heavy atom. The van der Waals surface area contributed by atoms with Crippen LogP contribution in [-0.4, -0.2) is 127 Å². The molecule has 3 heterocycles. The van der Waals surface area contributed by atoms with Gasteiger partial charge in [0.05, 0.1) is 77.8 Å². The van der Waals surface area contributed by atoms with Crippen LogP contribution in [0, 0.1) is 26.6 Å². The maximum absolute atomic E-state index is 14.7. The lowest BCUT2D eigenvalue weighted by molar-refractivity contribution is -0.145. The third-order valence-corrected chi connectivity index (χ3v) is 22.5.